The van der Waals surface area contributed by atoms with E-state index in [1.165, 1.54) is 18.2 Å². The molecule has 1 N–H and O–H groups in total. The molecule has 0 spiro atoms. The smallest absolute Gasteiger partial charge is 0.282 e. The first-order valence-electron chi connectivity index (χ1n) is 9.39. The summed E-state index contributed by atoms with van der Waals surface area (Å²) in [6.45, 7) is 2.06. The molecular formula is C24H19FN2O2. The van der Waals surface area contributed by atoms with Gasteiger partial charge in [-0.15, -0.1) is 0 Å². The van der Waals surface area contributed by atoms with Gasteiger partial charge in [0.25, 0.3) is 11.8 Å². The summed E-state index contributed by atoms with van der Waals surface area (Å²) in [6, 6.07) is 22.3. The van der Waals surface area contributed by atoms with Crippen molar-refractivity contribution in [2.75, 3.05) is 10.2 Å². The van der Waals surface area contributed by atoms with Gasteiger partial charge in [0, 0.05) is 5.69 Å². The van der Waals surface area contributed by atoms with Gasteiger partial charge in [-0.3, -0.25) is 9.59 Å². The van der Waals surface area contributed by atoms with Crippen LogP contribution in [-0.2, 0) is 16.0 Å². The van der Waals surface area contributed by atoms with Crippen molar-refractivity contribution in [3.05, 3.63) is 102 Å². The summed E-state index contributed by atoms with van der Waals surface area (Å²) in [6.07, 6.45) is 0.900. The van der Waals surface area contributed by atoms with Crippen molar-refractivity contribution in [1.29, 1.82) is 0 Å². The van der Waals surface area contributed by atoms with Gasteiger partial charge in [0.15, 0.2) is 0 Å². The van der Waals surface area contributed by atoms with E-state index in [-0.39, 0.29) is 17.0 Å². The summed E-state index contributed by atoms with van der Waals surface area (Å²) < 4.78 is 14.4. The van der Waals surface area contributed by atoms with Gasteiger partial charge >= 0.3 is 0 Å². The molecule has 0 saturated heterocycles. The van der Waals surface area contributed by atoms with Crippen LogP contribution < -0.4 is 10.2 Å². The Hall–Kier alpha value is -3.73. The molecule has 0 unspecified atom stereocenters. The van der Waals surface area contributed by atoms with Crippen LogP contribution in [0.5, 0.6) is 0 Å². The molecule has 5 heteroatoms. The second-order valence-electron chi connectivity index (χ2n) is 6.69. The third kappa shape index (κ3) is 3.43. The molecule has 1 heterocycles. The highest BCUT2D eigenvalue weighted by Gasteiger charge is 2.41. The minimum Gasteiger partial charge on any atom is -0.350 e. The van der Waals surface area contributed by atoms with Crippen LogP contribution in [0, 0.1) is 5.82 Å². The molecule has 144 valence electrons. The first-order valence-corrected chi connectivity index (χ1v) is 9.39. The zero-order valence-corrected chi connectivity index (χ0v) is 15.9. The zero-order chi connectivity index (χ0) is 20.4. The molecule has 0 atom stereocenters. The number of hydrogen-bond acceptors (Lipinski definition) is 3. The van der Waals surface area contributed by atoms with E-state index in [0.29, 0.717) is 11.3 Å². The summed E-state index contributed by atoms with van der Waals surface area (Å²) in [5.41, 5.74) is 2.73. The fourth-order valence-electron chi connectivity index (χ4n) is 3.34. The number of carbonyl (C=O) groups is 2. The van der Waals surface area contributed by atoms with Crippen molar-refractivity contribution >= 4 is 28.8 Å². The van der Waals surface area contributed by atoms with E-state index in [2.05, 4.69) is 12.2 Å². The summed E-state index contributed by atoms with van der Waals surface area (Å²) in [5, 5.41) is 3.09. The molecule has 0 bridgehead atoms. The van der Waals surface area contributed by atoms with E-state index in [0.717, 1.165) is 16.9 Å². The Kier molecular flexibility index (Phi) is 4.96. The molecule has 3 aromatic carbocycles. The van der Waals surface area contributed by atoms with E-state index in [9.17, 15) is 14.0 Å². The van der Waals surface area contributed by atoms with E-state index in [4.69, 9.17) is 0 Å². The van der Waals surface area contributed by atoms with Crippen molar-refractivity contribution < 1.29 is 14.0 Å². The van der Waals surface area contributed by atoms with Gasteiger partial charge < -0.3 is 5.32 Å². The Labute approximate surface area is 168 Å². The lowest BCUT2D eigenvalue weighted by atomic mass is 10.0. The molecule has 3 aromatic rings. The lowest BCUT2D eigenvalue weighted by Crippen LogP contribution is -2.33. The molecule has 1 aliphatic rings. The highest BCUT2D eigenvalue weighted by Crippen LogP contribution is 2.34. The van der Waals surface area contributed by atoms with Crippen LogP contribution >= 0.6 is 0 Å². The van der Waals surface area contributed by atoms with Crippen LogP contribution in [0.25, 0.3) is 5.57 Å². The van der Waals surface area contributed by atoms with Gasteiger partial charge in [0.2, 0.25) is 0 Å². The Morgan fingerprint density at radius 2 is 1.48 bits per heavy atom. The number of benzene rings is 3. The molecule has 4 rings (SSSR count). The molecule has 0 saturated carbocycles. The van der Waals surface area contributed by atoms with Gasteiger partial charge in [-0.25, -0.2) is 9.29 Å². The number of nitrogens with zero attached hydrogens (tertiary/aromatic N) is 1. The minimum absolute atomic E-state index is 0.0611. The van der Waals surface area contributed by atoms with Crippen LogP contribution in [-0.4, -0.2) is 11.8 Å². The average molecular weight is 386 g/mol. The number of hydrogen-bond donors (Lipinski definition) is 1. The van der Waals surface area contributed by atoms with Crippen molar-refractivity contribution in [3.8, 4) is 0 Å². The molecule has 0 aromatic heterocycles. The van der Waals surface area contributed by atoms with E-state index in [1.54, 1.807) is 30.3 Å². The maximum Gasteiger partial charge on any atom is 0.282 e. The van der Waals surface area contributed by atoms with Crippen LogP contribution in [0.1, 0.15) is 18.1 Å². The number of para-hydroxylation sites is 1. The van der Waals surface area contributed by atoms with Gasteiger partial charge in [0.1, 0.15) is 11.5 Å². The predicted molar refractivity (Wildman–Crippen MR) is 112 cm³/mol. The first kappa shape index (κ1) is 18.6. The van der Waals surface area contributed by atoms with Gasteiger partial charge in [-0.1, -0.05) is 61.5 Å². The summed E-state index contributed by atoms with van der Waals surface area (Å²) in [7, 11) is 0. The van der Waals surface area contributed by atoms with Crippen molar-refractivity contribution in [2.24, 2.45) is 0 Å². The zero-order valence-electron chi connectivity index (χ0n) is 15.9. The van der Waals surface area contributed by atoms with Crippen molar-refractivity contribution in [3.63, 3.8) is 0 Å². The normalized spacial score (nSPS) is 13.9. The van der Waals surface area contributed by atoms with E-state index in [1.807, 2.05) is 30.3 Å². The fourth-order valence-corrected chi connectivity index (χ4v) is 3.34. The Morgan fingerprint density at radius 1 is 0.828 bits per heavy atom. The summed E-state index contributed by atoms with van der Waals surface area (Å²) in [4.78, 5) is 27.3. The number of imide groups is 1. The largest absolute Gasteiger partial charge is 0.350 e. The molecule has 0 fully saturated rings. The molecule has 4 nitrogen and oxygen atoms in total. The number of nitrogens with one attached hydrogen (secondary N) is 1. The molecule has 0 radical (unpaired) electrons. The monoisotopic (exact) mass is 386 g/mol. The molecule has 0 aliphatic carbocycles. The topological polar surface area (TPSA) is 49.4 Å². The highest BCUT2D eigenvalue weighted by atomic mass is 19.1. The number of aryl methyl sites for hydroxylation is 1. The lowest BCUT2D eigenvalue weighted by molar-refractivity contribution is -0.120. The van der Waals surface area contributed by atoms with Crippen LogP contribution in [0.3, 0.4) is 0 Å². The third-order valence-corrected chi connectivity index (χ3v) is 4.87. The Morgan fingerprint density at radius 3 is 2.14 bits per heavy atom. The summed E-state index contributed by atoms with van der Waals surface area (Å²) in [5.74, 6) is -1.77. The molecule has 2 amide bonds. The summed E-state index contributed by atoms with van der Waals surface area (Å²) >= 11 is 0. The van der Waals surface area contributed by atoms with E-state index >= 15 is 0 Å². The maximum absolute atomic E-state index is 14.4. The third-order valence-electron chi connectivity index (χ3n) is 4.87. The van der Waals surface area contributed by atoms with Crippen molar-refractivity contribution in [1.82, 2.24) is 0 Å². The second-order valence-corrected chi connectivity index (χ2v) is 6.69. The number of anilines is 2. The maximum atomic E-state index is 14.4. The Balaban J connectivity index is 1.80. The van der Waals surface area contributed by atoms with Crippen LogP contribution in [0.2, 0.25) is 0 Å². The quantitative estimate of drug-likeness (QED) is 0.642. The average Bonchev–Trinajstić information content (AvgIpc) is 2.99. The predicted octanol–water partition coefficient (Wildman–Crippen LogP) is 4.78. The lowest BCUT2D eigenvalue weighted by Gasteiger charge is -2.16. The number of carbonyl (C=O) groups excluding carboxylic acids is 2. The SMILES string of the molecule is CCc1ccc(NC2=C(c3ccccc3)C(=O)N(c3ccccc3F)C2=O)cc1. The fraction of sp³-hybridized carbons (Fsp3) is 0.0833. The standard InChI is InChI=1S/C24H19FN2O2/c1-2-16-12-14-18(15-13-16)26-22-21(17-8-4-3-5-9-17)23(28)27(24(22)29)20-11-7-6-10-19(20)25/h3-15,26H,2H2,1H3. The van der Waals surface area contributed by atoms with Gasteiger partial charge in [-0.2, -0.15) is 0 Å². The van der Waals surface area contributed by atoms with Gasteiger partial charge in [0.05, 0.1) is 11.3 Å². The van der Waals surface area contributed by atoms with Crippen LogP contribution in [0.4, 0.5) is 15.8 Å². The highest BCUT2D eigenvalue weighted by molar-refractivity contribution is 6.46. The molecular weight excluding hydrogens is 367 g/mol. The number of rotatable bonds is 5. The van der Waals surface area contributed by atoms with Crippen LogP contribution in [0.15, 0.2) is 84.6 Å². The van der Waals surface area contributed by atoms with E-state index < -0.39 is 17.6 Å². The first-order chi connectivity index (χ1) is 14.1. The van der Waals surface area contributed by atoms with Gasteiger partial charge in [-0.05, 0) is 41.8 Å². The Bertz CT molecular complexity index is 1110. The van der Waals surface area contributed by atoms with Crippen molar-refractivity contribution in [2.45, 2.75) is 13.3 Å². The minimum atomic E-state index is -0.629. The number of amides is 2. The molecule has 29 heavy (non-hydrogen) atoms. The molecule has 1 aliphatic heterocycles. The number of halogens is 1. The second kappa shape index (κ2) is 7.72.